The lowest BCUT2D eigenvalue weighted by molar-refractivity contribution is 0.0240. The molecule has 30 heavy (non-hydrogen) atoms. The molecule has 0 bridgehead atoms. The minimum atomic E-state index is -0.552. The number of nitrogen functional groups attached to an aromatic ring is 1. The van der Waals surface area contributed by atoms with Crippen LogP contribution in [0.1, 0.15) is 33.5 Å². The Morgan fingerprint density at radius 1 is 1.27 bits per heavy atom. The van der Waals surface area contributed by atoms with E-state index in [-0.39, 0.29) is 6.09 Å². The van der Waals surface area contributed by atoms with Crippen LogP contribution in [0.4, 0.5) is 10.6 Å². The number of nitrogens with zero attached hydrogens (tertiary/aromatic N) is 3. The Kier molecular flexibility index (Phi) is 5.11. The molecular weight excluding hydrogens is 398 g/mol. The lowest BCUT2D eigenvalue weighted by atomic mass is 10.1. The molecule has 0 fully saturated rings. The van der Waals surface area contributed by atoms with Crippen molar-refractivity contribution in [3.63, 3.8) is 0 Å². The number of thiophene rings is 1. The van der Waals surface area contributed by atoms with Gasteiger partial charge < -0.3 is 20.4 Å². The van der Waals surface area contributed by atoms with Crippen molar-refractivity contribution in [3.8, 4) is 10.4 Å². The highest BCUT2D eigenvalue weighted by Crippen LogP contribution is 2.31. The van der Waals surface area contributed by atoms with Crippen molar-refractivity contribution in [1.82, 2.24) is 19.9 Å². The highest BCUT2D eigenvalue weighted by molar-refractivity contribution is 7.13. The monoisotopic (exact) mass is 423 g/mol. The highest BCUT2D eigenvalue weighted by atomic mass is 32.1. The smallest absolute Gasteiger partial charge is 0.410 e. The number of anilines is 1. The zero-order chi connectivity index (χ0) is 21.5. The van der Waals surface area contributed by atoms with Gasteiger partial charge in [-0.1, -0.05) is 12.1 Å². The molecule has 0 radical (unpaired) electrons. The summed E-state index contributed by atoms with van der Waals surface area (Å²) in [4.78, 5) is 27.8. The second-order valence-electron chi connectivity index (χ2n) is 8.11. The van der Waals surface area contributed by atoms with E-state index < -0.39 is 5.60 Å². The molecule has 0 aliphatic heterocycles. The molecule has 7 nitrogen and oxygen atoms in total. The summed E-state index contributed by atoms with van der Waals surface area (Å²) >= 11 is 1.68. The van der Waals surface area contributed by atoms with E-state index in [1.165, 1.54) is 4.88 Å². The summed E-state index contributed by atoms with van der Waals surface area (Å²) in [6.45, 7) is 8.26. The van der Waals surface area contributed by atoms with Crippen LogP contribution in [-0.4, -0.2) is 38.1 Å². The lowest BCUT2D eigenvalue weighted by Crippen LogP contribution is -2.36. The van der Waals surface area contributed by atoms with Gasteiger partial charge in [-0.15, -0.1) is 11.3 Å². The first-order valence-electron chi connectivity index (χ1n) is 9.85. The molecule has 0 atom stereocenters. The first kappa shape index (κ1) is 20.2. The van der Waals surface area contributed by atoms with Gasteiger partial charge in [0.1, 0.15) is 16.9 Å². The van der Waals surface area contributed by atoms with Crippen molar-refractivity contribution in [2.24, 2.45) is 0 Å². The van der Waals surface area contributed by atoms with Gasteiger partial charge in [0.2, 0.25) is 0 Å². The Bertz CT molecular complexity index is 1210. The summed E-state index contributed by atoms with van der Waals surface area (Å²) in [5, 5.41) is 2.99. The van der Waals surface area contributed by atoms with Crippen LogP contribution >= 0.6 is 11.3 Å². The number of aromatic nitrogens is 3. The molecular formula is C22H25N5O2S. The van der Waals surface area contributed by atoms with E-state index in [2.05, 4.69) is 32.5 Å². The van der Waals surface area contributed by atoms with Crippen molar-refractivity contribution in [1.29, 1.82) is 0 Å². The summed E-state index contributed by atoms with van der Waals surface area (Å²) < 4.78 is 5.49. The van der Waals surface area contributed by atoms with Gasteiger partial charge in [-0.25, -0.2) is 14.8 Å². The molecule has 8 heteroatoms. The van der Waals surface area contributed by atoms with E-state index in [1.54, 1.807) is 16.2 Å². The lowest BCUT2D eigenvalue weighted by Gasteiger charge is -2.25. The number of hydrogen-bond donors (Lipinski definition) is 2. The molecule has 1 aromatic carbocycles. The summed E-state index contributed by atoms with van der Waals surface area (Å²) in [5.41, 5.74) is 9.01. The predicted molar refractivity (Wildman–Crippen MR) is 121 cm³/mol. The maximum absolute atomic E-state index is 12.5. The average Bonchev–Trinajstić information content (AvgIpc) is 3.34. The third-order valence-electron chi connectivity index (χ3n) is 4.68. The third-order valence-corrected chi connectivity index (χ3v) is 5.60. The second-order valence-corrected chi connectivity index (χ2v) is 9.06. The zero-order valence-electron chi connectivity index (χ0n) is 17.5. The first-order chi connectivity index (χ1) is 14.2. The number of benzene rings is 1. The fourth-order valence-electron chi connectivity index (χ4n) is 3.30. The standard InChI is InChI=1S/C22H25N5O2S/c1-5-27(21(28)29-22(2,3)4)12-17-25-18-14-9-8-13(16-7-6-10-30-16)11-15(14)24-20(23)19(18)26-17/h6-11H,5,12H2,1-4H3,(H2,23,24)(H,25,26). The number of H-pyrrole nitrogens is 1. The Balaban J connectivity index is 1.70. The van der Waals surface area contributed by atoms with E-state index in [9.17, 15) is 4.79 Å². The van der Waals surface area contributed by atoms with Gasteiger partial charge in [0, 0.05) is 16.8 Å². The predicted octanol–water partition coefficient (Wildman–Crippen LogP) is 5.18. The second kappa shape index (κ2) is 7.60. The summed E-state index contributed by atoms with van der Waals surface area (Å²) in [5.74, 6) is 1.00. The Morgan fingerprint density at radius 3 is 2.73 bits per heavy atom. The molecule has 4 aromatic rings. The quantitative estimate of drug-likeness (QED) is 0.471. The molecule has 0 saturated heterocycles. The number of carbonyl (C=O) groups excluding carboxylic acids is 1. The SMILES string of the molecule is CCN(Cc1nc2c(N)nc3cc(-c4cccs4)ccc3c2[nH]1)C(=O)OC(C)(C)C. The van der Waals surface area contributed by atoms with E-state index in [1.807, 2.05) is 45.9 Å². The fourth-order valence-corrected chi connectivity index (χ4v) is 4.03. The number of imidazole rings is 1. The van der Waals surface area contributed by atoms with Crippen LogP contribution in [0, 0.1) is 0 Å². The van der Waals surface area contributed by atoms with E-state index in [0.29, 0.717) is 30.2 Å². The minimum Gasteiger partial charge on any atom is -0.444 e. The fraction of sp³-hybridized carbons (Fsp3) is 0.318. The van der Waals surface area contributed by atoms with Gasteiger partial charge in [-0.3, -0.25) is 0 Å². The van der Waals surface area contributed by atoms with Gasteiger partial charge in [0.05, 0.1) is 17.6 Å². The average molecular weight is 424 g/mol. The molecule has 0 unspecified atom stereocenters. The van der Waals surface area contributed by atoms with Crippen LogP contribution in [0.15, 0.2) is 35.7 Å². The van der Waals surface area contributed by atoms with Gasteiger partial charge >= 0.3 is 6.09 Å². The van der Waals surface area contributed by atoms with Gasteiger partial charge in [-0.2, -0.15) is 0 Å². The number of fused-ring (bicyclic) bond motifs is 3. The van der Waals surface area contributed by atoms with Crippen LogP contribution in [0.25, 0.3) is 32.4 Å². The number of pyridine rings is 1. The molecule has 3 aromatic heterocycles. The highest BCUT2D eigenvalue weighted by Gasteiger charge is 2.22. The number of nitrogens with two attached hydrogens (primary N) is 1. The van der Waals surface area contributed by atoms with E-state index >= 15 is 0 Å². The maximum Gasteiger partial charge on any atom is 0.410 e. The maximum atomic E-state index is 12.5. The number of amides is 1. The Hall–Kier alpha value is -3.13. The number of hydrogen-bond acceptors (Lipinski definition) is 6. The number of carbonyl (C=O) groups is 1. The summed E-state index contributed by atoms with van der Waals surface area (Å²) in [6, 6.07) is 10.3. The number of aromatic amines is 1. The minimum absolute atomic E-state index is 0.300. The molecule has 0 saturated carbocycles. The van der Waals surface area contributed by atoms with Gasteiger partial charge in [0.15, 0.2) is 5.82 Å². The van der Waals surface area contributed by atoms with Crippen LogP contribution in [0.3, 0.4) is 0 Å². The number of nitrogens with one attached hydrogen (secondary N) is 1. The van der Waals surface area contributed by atoms with Crippen LogP contribution in [0.5, 0.6) is 0 Å². The third kappa shape index (κ3) is 3.95. The Morgan fingerprint density at radius 2 is 2.07 bits per heavy atom. The van der Waals surface area contributed by atoms with E-state index in [0.717, 1.165) is 22.0 Å². The molecule has 156 valence electrons. The number of ether oxygens (including phenoxy) is 1. The van der Waals surface area contributed by atoms with Crippen molar-refractivity contribution in [3.05, 3.63) is 41.5 Å². The molecule has 3 heterocycles. The van der Waals surface area contributed by atoms with Crippen molar-refractivity contribution >= 4 is 45.2 Å². The summed E-state index contributed by atoms with van der Waals surface area (Å²) in [7, 11) is 0. The molecule has 4 rings (SSSR count). The van der Waals surface area contributed by atoms with Crippen LogP contribution in [0.2, 0.25) is 0 Å². The van der Waals surface area contributed by atoms with Crippen molar-refractivity contribution in [2.75, 3.05) is 12.3 Å². The summed E-state index contributed by atoms with van der Waals surface area (Å²) in [6.07, 6.45) is -0.373. The zero-order valence-corrected chi connectivity index (χ0v) is 18.3. The molecule has 0 spiro atoms. The molecule has 0 aliphatic rings. The molecule has 1 amide bonds. The molecule has 0 aliphatic carbocycles. The van der Waals surface area contributed by atoms with Crippen molar-refractivity contribution < 1.29 is 9.53 Å². The first-order valence-corrected chi connectivity index (χ1v) is 10.7. The van der Waals surface area contributed by atoms with Gasteiger partial charge in [-0.05, 0) is 56.8 Å². The van der Waals surface area contributed by atoms with Crippen molar-refractivity contribution in [2.45, 2.75) is 39.8 Å². The van der Waals surface area contributed by atoms with E-state index in [4.69, 9.17) is 10.5 Å². The van der Waals surface area contributed by atoms with Crippen LogP contribution < -0.4 is 5.73 Å². The normalized spacial score (nSPS) is 11.9. The Labute approximate surface area is 178 Å². The topological polar surface area (TPSA) is 97.1 Å². The van der Waals surface area contributed by atoms with Gasteiger partial charge in [0.25, 0.3) is 0 Å². The van der Waals surface area contributed by atoms with Crippen LogP contribution in [-0.2, 0) is 11.3 Å². The number of rotatable bonds is 4. The largest absolute Gasteiger partial charge is 0.444 e. The molecule has 3 N–H and O–H groups in total.